The molecule has 1 amide bonds. The molecule has 1 aliphatic rings. The van der Waals surface area contributed by atoms with E-state index in [4.69, 9.17) is 4.74 Å². The van der Waals surface area contributed by atoms with Crippen molar-refractivity contribution in [1.82, 2.24) is 4.90 Å². The summed E-state index contributed by atoms with van der Waals surface area (Å²) in [5, 5.41) is 0. The van der Waals surface area contributed by atoms with Gasteiger partial charge in [0.25, 0.3) is 0 Å². The average molecular weight is 297 g/mol. The molecule has 114 valence electrons. The maximum Gasteiger partial charge on any atom is 0.309 e. The number of rotatable bonds is 5. The van der Waals surface area contributed by atoms with Gasteiger partial charge in [0.1, 0.15) is 18.2 Å². The number of hydrogen-bond donors (Lipinski definition) is 0. The molecular weight excluding hydrogens is 280 g/mol. The molecule has 0 unspecified atom stereocenters. The van der Waals surface area contributed by atoms with Crippen molar-refractivity contribution in [2.24, 2.45) is 5.92 Å². The molecule has 1 saturated carbocycles. The highest BCUT2D eigenvalue weighted by Crippen LogP contribution is 2.49. The van der Waals surface area contributed by atoms with Gasteiger partial charge in [0.15, 0.2) is 0 Å². The fourth-order valence-corrected chi connectivity index (χ4v) is 2.17. The van der Waals surface area contributed by atoms with Crippen LogP contribution in [0.25, 0.3) is 0 Å². The van der Waals surface area contributed by atoms with Gasteiger partial charge in [-0.05, 0) is 30.2 Å². The first-order valence-corrected chi connectivity index (χ1v) is 6.72. The Balaban J connectivity index is 1.84. The number of carbonyl (C=O) groups is 2. The van der Waals surface area contributed by atoms with Crippen LogP contribution in [-0.2, 0) is 14.3 Å². The van der Waals surface area contributed by atoms with E-state index in [0.717, 1.165) is 18.2 Å². The molecule has 6 heteroatoms. The normalized spacial score (nSPS) is 20.0. The third-order valence-electron chi connectivity index (χ3n) is 3.51. The van der Waals surface area contributed by atoms with Crippen LogP contribution in [0.3, 0.4) is 0 Å². The fraction of sp³-hybridized carbons (Fsp3) is 0.467. The first kappa shape index (κ1) is 15.4. The summed E-state index contributed by atoms with van der Waals surface area (Å²) in [4.78, 5) is 24.5. The molecule has 0 aliphatic heterocycles. The third-order valence-corrected chi connectivity index (χ3v) is 3.51. The Hall–Kier alpha value is -1.98. The molecular formula is C15H17F2NO3. The summed E-state index contributed by atoms with van der Waals surface area (Å²) in [6.07, 6.45) is 0.561. The molecule has 0 radical (unpaired) electrons. The zero-order valence-electron chi connectivity index (χ0n) is 11.9. The second-order valence-corrected chi connectivity index (χ2v) is 5.32. The maximum absolute atomic E-state index is 13.6. The zero-order chi connectivity index (χ0) is 15.6. The minimum atomic E-state index is -0.526. The Bertz CT molecular complexity index is 560. The second kappa shape index (κ2) is 6.20. The van der Waals surface area contributed by atoms with E-state index >= 15 is 0 Å². The van der Waals surface area contributed by atoms with Crippen molar-refractivity contribution in [2.45, 2.75) is 18.8 Å². The van der Waals surface area contributed by atoms with Crippen LogP contribution < -0.4 is 0 Å². The molecule has 1 fully saturated rings. The van der Waals surface area contributed by atoms with E-state index in [2.05, 4.69) is 0 Å². The molecule has 1 aromatic carbocycles. The van der Waals surface area contributed by atoms with E-state index in [0.29, 0.717) is 6.42 Å². The van der Waals surface area contributed by atoms with Crippen molar-refractivity contribution in [3.8, 4) is 0 Å². The van der Waals surface area contributed by atoms with Gasteiger partial charge in [0, 0.05) is 20.0 Å². The number of benzene rings is 1. The highest BCUT2D eigenvalue weighted by atomic mass is 19.1. The molecule has 0 N–H and O–H groups in total. The van der Waals surface area contributed by atoms with Crippen molar-refractivity contribution in [2.75, 3.05) is 20.7 Å². The largest absolute Gasteiger partial charge is 0.465 e. The van der Waals surface area contributed by atoms with Crippen molar-refractivity contribution in [3.05, 3.63) is 35.4 Å². The van der Waals surface area contributed by atoms with Crippen LogP contribution in [0.1, 0.15) is 24.3 Å². The van der Waals surface area contributed by atoms with Gasteiger partial charge >= 0.3 is 5.97 Å². The molecule has 0 spiro atoms. The van der Waals surface area contributed by atoms with Crippen LogP contribution in [0, 0.1) is 17.6 Å². The molecule has 2 rings (SSSR count). The number of esters is 1. The van der Waals surface area contributed by atoms with Crippen molar-refractivity contribution in [1.29, 1.82) is 0 Å². The van der Waals surface area contributed by atoms with Gasteiger partial charge in [-0.1, -0.05) is 0 Å². The predicted molar refractivity (Wildman–Crippen MR) is 71.5 cm³/mol. The summed E-state index contributed by atoms with van der Waals surface area (Å²) >= 11 is 0. The molecule has 4 nitrogen and oxygen atoms in total. The Morgan fingerprint density at radius 1 is 1.33 bits per heavy atom. The summed E-state index contributed by atoms with van der Waals surface area (Å²) in [7, 11) is 3.24. The molecule has 2 atom stereocenters. The van der Waals surface area contributed by atoms with E-state index in [1.54, 1.807) is 14.1 Å². The number of carbonyl (C=O) groups excluding carboxylic acids is 2. The Labute approximate surface area is 121 Å². The lowest BCUT2D eigenvalue weighted by atomic mass is 10.1. The summed E-state index contributed by atoms with van der Waals surface area (Å²) in [6, 6.07) is 3.21. The van der Waals surface area contributed by atoms with Gasteiger partial charge in [-0.15, -0.1) is 0 Å². The van der Waals surface area contributed by atoms with Gasteiger partial charge < -0.3 is 9.64 Å². The Kier molecular flexibility index (Phi) is 4.55. The smallest absolute Gasteiger partial charge is 0.309 e. The Morgan fingerprint density at radius 2 is 2.05 bits per heavy atom. The maximum atomic E-state index is 13.6. The SMILES string of the molecule is CN(C)C(=O)CCOC(=O)[C@H]1C[C@@H]1c1cc(F)ccc1F. The zero-order valence-corrected chi connectivity index (χ0v) is 11.9. The van der Waals surface area contributed by atoms with Gasteiger partial charge in [0.2, 0.25) is 5.91 Å². The standard InChI is InChI=1S/C15H17F2NO3/c1-18(2)14(19)5-6-21-15(20)12-8-10(12)11-7-9(16)3-4-13(11)17/h3-4,7,10,12H,5-6,8H2,1-2H3/t10-,12+/m1/s1. The number of ether oxygens (including phenoxy) is 1. The topological polar surface area (TPSA) is 46.6 Å². The van der Waals surface area contributed by atoms with Crippen molar-refractivity contribution >= 4 is 11.9 Å². The number of halogens is 2. The summed E-state index contributed by atoms with van der Waals surface area (Å²) in [6.45, 7) is 0.00466. The van der Waals surface area contributed by atoms with Gasteiger partial charge in [0.05, 0.1) is 12.3 Å². The predicted octanol–water partition coefficient (Wildman–Crippen LogP) is 2.09. The molecule has 21 heavy (non-hydrogen) atoms. The molecule has 0 bridgehead atoms. The van der Waals surface area contributed by atoms with Crippen LogP contribution >= 0.6 is 0 Å². The highest BCUT2D eigenvalue weighted by Gasteiger charge is 2.46. The van der Waals surface area contributed by atoms with Crippen LogP contribution in [-0.4, -0.2) is 37.5 Å². The molecule has 0 saturated heterocycles. The average Bonchev–Trinajstić information content (AvgIpc) is 3.21. The fourth-order valence-electron chi connectivity index (χ4n) is 2.17. The lowest BCUT2D eigenvalue weighted by Gasteiger charge is -2.10. The van der Waals surface area contributed by atoms with E-state index in [-0.39, 0.29) is 30.4 Å². The minimum absolute atomic E-state index is 0.00466. The van der Waals surface area contributed by atoms with Crippen LogP contribution in [0.2, 0.25) is 0 Å². The minimum Gasteiger partial charge on any atom is -0.465 e. The molecule has 1 aliphatic carbocycles. The lowest BCUT2D eigenvalue weighted by molar-refractivity contribution is -0.146. The third kappa shape index (κ3) is 3.77. The molecule has 1 aromatic rings. The summed E-state index contributed by atoms with van der Waals surface area (Å²) in [5.74, 6) is -2.42. The first-order valence-electron chi connectivity index (χ1n) is 6.72. The lowest BCUT2D eigenvalue weighted by Crippen LogP contribution is -2.23. The Morgan fingerprint density at radius 3 is 2.71 bits per heavy atom. The summed E-state index contributed by atoms with van der Waals surface area (Å²) in [5.41, 5.74) is 0.210. The van der Waals surface area contributed by atoms with Crippen LogP contribution in [0.4, 0.5) is 8.78 Å². The van der Waals surface area contributed by atoms with Crippen LogP contribution in [0.15, 0.2) is 18.2 Å². The van der Waals surface area contributed by atoms with E-state index in [1.165, 1.54) is 4.90 Å². The van der Waals surface area contributed by atoms with Crippen LogP contribution in [0.5, 0.6) is 0 Å². The molecule has 0 heterocycles. The highest BCUT2D eigenvalue weighted by molar-refractivity contribution is 5.79. The van der Waals surface area contributed by atoms with E-state index in [1.807, 2.05) is 0 Å². The van der Waals surface area contributed by atoms with Crippen molar-refractivity contribution in [3.63, 3.8) is 0 Å². The van der Waals surface area contributed by atoms with Gasteiger partial charge in [-0.3, -0.25) is 9.59 Å². The van der Waals surface area contributed by atoms with Crippen molar-refractivity contribution < 1.29 is 23.1 Å². The molecule has 0 aromatic heterocycles. The van der Waals surface area contributed by atoms with Gasteiger partial charge in [-0.25, -0.2) is 8.78 Å². The first-order chi connectivity index (χ1) is 9.90. The number of nitrogens with zero attached hydrogens (tertiary/aromatic N) is 1. The summed E-state index contributed by atoms with van der Waals surface area (Å²) < 4.78 is 31.7. The number of hydrogen-bond acceptors (Lipinski definition) is 3. The van der Waals surface area contributed by atoms with E-state index < -0.39 is 23.5 Å². The van der Waals surface area contributed by atoms with E-state index in [9.17, 15) is 18.4 Å². The monoisotopic (exact) mass is 297 g/mol. The quantitative estimate of drug-likeness (QED) is 0.782. The second-order valence-electron chi connectivity index (χ2n) is 5.32. The van der Waals surface area contributed by atoms with Gasteiger partial charge in [-0.2, -0.15) is 0 Å². The number of amides is 1.